The van der Waals surface area contributed by atoms with Gasteiger partial charge in [0, 0.05) is 24.4 Å². The molecule has 3 N–H and O–H groups in total. The molecule has 2 amide bonds. The lowest BCUT2D eigenvalue weighted by atomic mass is 10.1. The van der Waals surface area contributed by atoms with E-state index in [4.69, 9.17) is 10.5 Å². The lowest BCUT2D eigenvalue weighted by Crippen LogP contribution is -2.18. The van der Waals surface area contributed by atoms with Gasteiger partial charge < -0.3 is 15.8 Å². The SMILES string of the molecule is CCn1cc(NC(=O)c2cccc(COc3ccc(C)cc3[N+](=O)[O-])c2)c(C(N)=O)n1. The smallest absolute Gasteiger partial charge is 0.311 e. The van der Waals surface area contributed by atoms with E-state index in [-0.39, 0.29) is 29.4 Å². The number of aryl methyl sites for hydroxylation is 2. The highest BCUT2D eigenvalue weighted by atomic mass is 16.6. The van der Waals surface area contributed by atoms with Gasteiger partial charge in [-0.15, -0.1) is 0 Å². The molecule has 3 rings (SSSR count). The molecule has 1 aromatic heterocycles. The first kappa shape index (κ1) is 21.5. The molecule has 0 fully saturated rings. The molecule has 31 heavy (non-hydrogen) atoms. The Hall–Kier alpha value is -4.21. The number of nitrogens with one attached hydrogen (secondary N) is 1. The van der Waals surface area contributed by atoms with Crippen LogP contribution in [0.2, 0.25) is 0 Å². The molecule has 0 saturated carbocycles. The van der Waals surface area contributed by atoms with E-state index >= 15 is 0 Å². The number of nitrogens with two attached hydrogens (primary N) is 1. The van der Waals surface area contributed by atoms with Gasteiger partial charge in [0.25, 0.3) is 11.8 Å². The van der Waals surface area contributed by atoms with E-state index in [9.17, 15) is 19.7 Å². The van der Waals surface area contributed by atoms with Crippen molar-refractivity contribution < 1.29 is 19.2 Å². The van der Waals surface area contributed by atoms with E-state index in [1.165, 1.54) is 16.9 Å². The number of carbonyl (C=O) groups is 2. The van der Waals surface area contributed by atoms with E-state index in [0.29, 0.717) is 17.7 Å². The number of primary amides is 1. The van der Waals surface area contributed by atoms with Crippen molar-refractivity contribution in [1.29, 1.82) is 0 Å². The molecule has 0 atom stereocenters. The molecule has 1 heterocycles. The number of nitro groups is 1. The Labute approximate surface area is 177 Å². The summed E-state index contributed by atoms with van der Waals surface area (Å²) in [5.74, 6) is -1.06. The van der Waals surface area contributed by atoms with E-state index in [1.54, 1.807) is 43.3 Å². The van der Waals surface area contributed by atoms with Crippen molar-refractivity contribution in [2.24, 2.45) is 5.73 Å². The molecule has 10 nitrogen and oxygen atoms in total. The first-order valence-corrected chi connectivity index (χ1v) is 9.44. The van der Waals surface area contributed by atoms with E-state index < -0.39 is 16.7 Å². The van der Waals surface area contributed by atoms with Crippen LogP contribution in [0.5, 0.6) is 5.75 Å². The molecular formula is C21H21N5O5. The third-order valence-electron chi connectivity index (χ3n) is 4.46. The van der Waals surface area contributed by atoms with Crippen LogP contribution < -0.4 is 15.8 Å². The third kappa shape index (κ3) is 5.04. The minimum absolute atomic E-state index is 0.0265. The quantitative estimate of drug-likeness (QED) is 0.421. The Morgan fingerprint density at radius 2 is 2.03 bits per heavy atom. The number of nitrogens with zero attached hydrogens (tertiary/aromatic N) is 3. The van der Waals surface area contributed by atoms with Crippen molar-refractivity contribution in [3.05, 3.63) is 81.2 Å². The normalized spacial score (nSPS) is 10.5. The second kappa shape index (κ2) is 9.08. The highest BCUT2D eigenvalue weighted by Crippen LogP contribution is 2.28. The fourth-order valence-electron chi connectivity index (χ4n) is 2.91. The summed E-state index contributed by atoms with van der Waals surface area (Å²) in [4.78, 5) is 35.0. The van der Waals surface area contributed by atoms with Crippen LogP contribution >= 0.6 is 0 Å². The standard InChI is InChI=1S/C21H21N5O5/c1-3-25-11-16(19(24-25)20(22)27)23-21(28)15-6-4-5-14(10-15)12-31-18-8-7-13(2)9-17(18)26(29)30/h4-11H,3,12H2,1-2H3,(H2,22,27)(H,23,28). The van der Waals surface area contributed by atoms with Gasteiger partial charge in [0.05, 0.1) is 10.6 Å². The molecule has 160 valence electrons. The van der Waals surface area contributed by atoms with Crippen molar-refractivity contribution in [3.8, 4) is 5.75 Å². The molecule has 0 radical (unpaired) electrons. The van der Waals surface area contributed by atoms with Gasteiger partial charge in [-0.05, 0) is 43.2 Å². The summed E-state index contributed by atoms with van der Waals surface area (Å²) < 4.78 is 7.11. The average Bonchev–Trinajstić information content (AvgIpc) is 3.16. The Bertz CT molecular complexity index is 1150. The molecule has 0 aliphatic heterocycles. The Morgan fingerprint density at radius 3 is 2.71 bits per heavy atom. The molecule has 0 saturated heterocycles. The van der Waals surface area contributed by atoms with Crippen LogP contribution in [0.3, 0.4) is 0 Å². The van der Waals surface area contributed by atoms with Crippen LogP contribution in [0.15, 0.2) is 48.7 Å². The highest BCUT2D eigenvalue weighted by Gasteiger charge is 2.18. The van der Waals surface area contributed by atoms with E-state index in [2.05, 4.69) is 10.4 Å². The minimum atomic E-state index is -0.746. The number of benzene rings is 2. The van der Waals surface area contributed by atoms with Gasteiger partial charge in [0.1, 0.15) is 6.61 Å². The topological polar surface area (TPSA) is 142 Å². The van der Waals surface area contributed by atoms with E-state index in [1.807, 2.05) is 6.92 Å². The van der Waals surface area contributed by atoms with Gasteiger partial charge in [-0.1, -0.05) is 18.2 Å². The molecule has 2 aromatic carbocycles. The van der Waals surface area contributed by atoms with Crippen LogP contribution in [-0.4, -0.2) is 26.5 Å². The summed E-state index contributed by atoms with van der Waals surface area (Å²) >= 11 is 0. The Balaban J connectivity index is 1.75. The number of rotatable bonds is 8. The molecular weight excluding hydrogens is 402 g/mol. The third-order valence-corrected chi connectivity index (χ3v) is 4.46. The summed E-state index contributed by atoms with van der Waals surface area (Å²) in [6.07, 6.45) is 1.53. The largest absolute Gasteiger partial charge is 0.482 e. The highest BCUT2D eigenvalue weighted by molar-refractivity contribution is 6.08. The number of hydrogen-bond donors (Lipinski definition) is 2. The monoisotopic (exact) mass is 423 g/mol. The van der Waals surface area contributed by atoms with Gasteiger partial charge in [-0.3, -0.25) is 24.4 Å². The number of ether oxygens (including phenoxy) is 1. The van der Waals surface area contributed by atoms with Gasteiger partial charge in [0.2, 0.25) is 0 Å². The first-order valence-electron chi connectivity index (χ1n) is 9.44. The number of aromatic nitrogens is 2. The summed E-state index contributed by atoms with van der Waals surface area (Å²) in [7, 11) is 0. The Morgan fingerprint density at radius 1 is 1.26 bits per heavy atom. The summed E-state index contributed by atoms with van der Waals surface area (Å²) in [5, 5.41) is 17.9. The minimum Gasteiger partial charge on any atom is -0.482 e. The number of carbonyl (C=O) groups excluding carboxylic acids is 2. The van der Waals surface area contributed by atoms with Gasteiger partial charge >= 0.3 is 5.69 Å². The molecule has 3 aromatic rings. The van der Waals surface area contributed by atoms with Crippen LogP contribution in [0.4, 0.5) is 11.4 Å². The predicted octanol–water partition coefficient (Wildman–Crippen LogP) is 3.05. The Kier molecular flexibility index (Phi) is 6.29. The number of anilines is 1. The van der Waals surface area contributed by atoms with Crippen molar-refractivity contribution in [2.75, 3.05) is 5.32 Å². The van der Waals surface area contributed by atoms with Crippen molar-refractivity contribution in [3.63, 3.8) is 0 Å². The maximum Gasteiger partial charge on any atom is 0.311 e. The lowest BCUT2D eigenvalue weighted by molar-refractivity contribution is -0.386. The van der Waals surface area contributed by atoms with E-state index in [0.717, 1.165) is 5.56 Å². The zero-order chi connectivity index (χ0) is 22.5. The number of nitro benzene ring substituents is 1. The maximum atomic E-state index is 12.7. The molecule has 0 aliphatic rings. The lowest BCUT2D eigenvalue weighted by Gasteiger charge is -2.09. The number of amides is 2. The zero-order valence-corrected chi connectivity index (χ0v) is 17.0. The summed E-state index contributed by atoms with van der Waals surface area (Å²) in [5.41, 5.74) is 7.11. The van der Waals surface area contributed by atoms with Crippen LogP contribution in [0, 0.1) is 17.0 Å². The number of hydrogen-bond acceptors (Lipinski definition) is 6. The molecule has 0 bridgehead atoms. The fraction of sp³-hybridized carbons (Fsp3) is 0.190. The molecule has 0 spiro atoms. The molecule has 10 heteroatoms. The van der Waals surface area contributed by atoms with Crippen LogP contribution in [0.25, 0.3) is 0 Å². The van der Waals surface area contributed by atoms with Gasteiger partial charge in [0.15, 0.2) is 11.4 Å². The zero-order valence-electron chi connectivity index (χ0n) is 17.0. The molecule has 0 aliphatic carbocycles. The summed E-state index contributed by atoms with van der Waals surface area (Å²) in [6, 6.07) is 11.3. The van der Waals surface area contributed by atoms with Crippen molar-refractivity contribution in [2.45, 2.75) is 27.0 Å². The first-order chi connectivity index (χ1) is 14.8. The second-order valence-electron chi connectivity index (χ2n) is 6.78. The van der Waals surface area contributed by atoms with Gasteiger partial charge in [-0.2, -0.15) is 5.10 Å². The van der Waals surface area contributed by atoms with Crippen LogP contribution in [0.1, 0.15) is 38.9 Å². The van der Waals surface area contributed by atoms with Crippen LogP contribution in [-0.2, 0) is 13.2 Å². The van der Waals surface area contributed by atoms with Gasteiger partial charge in [-0.25, -0.2) is 0 Å². The van der Waals surface area contributed by atoms with Crippen molar-refractivity contribution in [1.82, 2.24) is 9.78 Å². The molecule has 0 unspecified atom stereocenters. The van der Waals surface area contributed by atoms with Crippen molar-refractivity contribution >= 4 is 23.2 Å². The maximum absolute atomic E-state index is 12.7. The second-order valence-corrected chi connectivity index (χ2v) is 6.78. The average molecular weight is 423 g/mol. The predicted molar refractivity (Wildman–Crippen MR) is 113 cm³/mol. The fourth-order valence-corrected chi connectivity index (χ4v) is 2.91. The summed E-state index contributed by atoms with van der Waals surface area (Å²) in [6.45, 7) is 4.14.